The maximum Gasteiger partial charge on any atom is 0.125 e. The second kappa shape index (κ2) is 4.88. The summed E-state index contributed by atoms with van der Waals surface area (Å²) < 4.78 is 5.59. The molecule has 0 bridgehead atoms. The highest BCUT2D eigenvalue weighted by Gasteiger charge is 2.20. The minimum Gasteiger partial charge on any atom is -0.496 e. The monoisotopic (exact) mass is 219 g/mol. The molecule has 0 aliphatic carbocycles. The van der Waals surface area contributed by atoms with Gasteiger partial charge in [0.15, 0.2) is 0 Å². The van der Waals surface area contributed by atoms with E-state index in [0.29, 0.717) is 5.92 Å². The van der Waals surface area contributed by atoms with Gasteiger partial charge in [-0.3, -0.25) is 0 Å². The van der Waals surface area contributed by atoms with Crippen molar-refractivity contribution in [3.8, 4) is 5.75 Å². The lowest BCUT2D eigenvalue weighted by Gasteiger charge is -2.25. The van der Waals surface area contributed by atoms with Crippen LogP contribution in [0.3, 0.4) is 0 Å². The van der Waals surface area contributed by atoms with E-state index in [1.807, 2.05) is 0 Å². The minimum atomic E-state index is 0.662. The van der Waals surface area contributed by atoms with Crippen LogP contribution in [0.2, 0.25) is 0 Å². The zero-order valence-electron chi connectivity index (χ0n) is 10.5. The van der Waals surface area contributed by atoms with Crippen molar-refractivity contribution in [2.45, 2.75) is 32.6 Å². The number of hydrogen-bond donors (Lipinski definition) is 1. The molecule has 1 aromatic carbocycles. The van der Waals surface area contributed by atoms with E-state index >= 15 is 0 Å². The second-order valence-electron chi connectivity index (χ2n) is 4.65. The van der Waals surface area contributed by atoms with Crippen LogP contribution in [0.5, 0.6) is 5.75 Å². The molecule has 88 valence electrons. The first-order valence-corrected chi connectivity index (χ1v) is 6.09. The molecule has 0 aromatic heterocycles. The lowest BCUT2D eigenvalue weighted by molar-refractivity contribution is 0.388. The van der Waals surface area contributed by atoms with Crippen LogP contribution in [-0.4, -0.2) is 20.2 Å². The summed E-state index contributed by atoms with van der Waals surface area (Å²) in [4.78, 5) is 0. The molecular formula is C14H21NO. The van der Waals surface area contributed by atoms with Gasteiger partial charge in [0.2, 0.25) is 0 Å². The third-order valence-corrected chi connectivity index (χ3v) is 3.69. The fraction of sp³-hybridized carbons (Fsp3) is 0.571. The van der Waals surface area contributed by atoms with E-state index in [2.05, 4.69) is 31.3 Å². The van der Waals surface area contributed by atoms with E-state index in [-0.39, 0.29) is 0 Å². The van der Waals surface area contributed by atoms with E-state index in [1.165, 1.54) is 29.5 Å². The van der Waals surface area contributed by atoms with Crippen molar-refractivity contribution >= 4 is 0 Å². The Morgan fingerprint density at radius 3 is 2.50 bits per heavy atom. The van der Waals surface area contributed by atoms with E-state index in [4.69, 9.17) is 4.74 Å². The van der Waals surface area contributed by atoms with Gasteiger partial charge in [-0.25, -0.2) is 0 Å². The van der Waals surface area contributed by atoms with Crippen LogP contribution in [0.1, 0.15) is 35.4 Å². The first-order valence-electron chi connectivity index (χ1n) is 6.09. The topological polar surface area (TPSA) is 21.3 Å². The smallest absolute Gasteiger partial charge is 0.125 e. The van der Waals surface area contributed by atoms with Gasteiger partial charge in [-0.15, -0.1) is 0 Å². The number of ether oxygens (including phenoxy) is 1. The Labute approximate surface area is 98.0 Å². The molecule has 16 heavy (non-hydrogen) atoms. The van der Waals surface area contributed by atoms with Crippen LogP contribution in [-0.2, 0) is 0 Å². The summed E-state index contributed by atoms with van der Waals surface area (Å²) >= 11 is 0. The van der Waals surface area contributed by atoms with Gasteiger partial charge < -0.3 is 10.1 Å². The SMILES string of the molecule is COc1c(C2CCNCC2)ccc(C)c1C. The fourth-order valence-electron chi connectivity index (χ4n) is 2.54. The van der Waals surface area contributed by atoms with Crippen LogP contribution in [0.15, 0.2) is 12.1 Å². The number of nitrogens with one attached hydrogen (secondary N) is 1. The molecule has 0 saturated carbocycles. The van der Waals surface area contributed by atoms with Gasteiger partial charge in [0, 0.05) is 0 Å². The highest BCUT2D eigenvalue weighted by molar-refractivity contribution is 5.47. The van der Waals surface area contributed by atoms with Crippen LogP contribution in [0.25, 0.3) is 0 Å². The van der Waals surface area contributed by atoms with Crippen molar-refractivity contribution in [3.05, 3.63) is 28.8 Å². The quantitative estimate of drug-likeness (QED) is 0.826. The van der Waals surface area contributed by atoms with Crippen molar-refractivity contribution in [3.63, 3.8) is 0 Å². The first kappa shape index (κ1) is 11.5. The average Bonchev–Trinajstić information content (AvgIpc) is 2.33. The molecule has 1 N–H and O–H groups in total. The number of rotatable bonds is 2. The molecule has 0 spiro atoms. The molecule has 1 aliphatic heterocycles. The van der Waals surface area contributed by atoms with Crippen molar-refractivity contribution in [2.75, 3.05) is 20.2 Å². The van der Waals surface area contributed by atoms with Gasteiger partial charge in [0.05, 0.1) is 7.11 Å². The predicted molar refractivity (Wildman–Crippen MR) is 67.3 cm³/mol. The molecule has 0 unspecified atom stereocenters. The normalized spacial score (nSPS) is 17.4. The zero-order chi connectivity index (χ0) is 11.5. The van der Waals surface area contributed by atoms with Gasteiger partial charge in [0.1, 0.15) is 5.75 Å². The fourth-order valence-corrected chi connectivity index (χ4v) is 2.54. The summed E-state index contributed by atoms with van der Waals surface area (Å²) in [7, 11) is 1.78. The van der Waals surface area contributed by atoms with Gasteiger partial charge in [-0.2, -0.15) is 0 Å². The van der Waals surface area contributed by atoms with E-state index in [9.17, 15) is 0 Å². The maximum absolute atomic E-state index is 5.59. The Bertz CT molecular complexity index is 367. The van der Waals surface area contributed by atoms with Crippen LogP contribution < -0.4 is 10.1 Å². The largest absolute Gasteiger partial charge is 0.496 e. The lowest BCUT2D eigenvalue weighted by Crippen LogP contribution is -2.26. The van der Waals surface area contributed by atoms with Crippen molar-refractivity contribution < 1.29 is 4.74 Å². The third-order valence-electron chi connectivity index (χ3n) is 3.69. The Morgan fingerprint density at radius 1 is 1.19 bits per heavy atom. The highest BCUT2D eigenvalue weighted by atomic mass is 16.5. The first-order chi connectivity index (χ1) is 7.74. The summed E-state index contributed by atoms with van der Waals surface area (Å²) in [5.41, 5.74) is 4.00. The van der Waals surface area contributed by atoms with Crippen molar-refractivity contribution in [1.29, 1.82) is 0 Å². The Kier molecular flexibility index (Phi) is 3.49. The zero-order valence-corrected chi connectivity index (χ0v) is 10.5. The van der Waals surface area contributed by atoms with Crippen LogP contribution in [0, 0.1) is 13.8 Å². The van der Waals surface area contributed by atoms with E-state index in [1.54, 1.807) is 7.11 Å². The minimum absolute atomic E-state index is 0.662. The second-order valence-corrected chi connectivity index (χ2v) is 4.65. The molecule has 1 fully saturated rings. The maximum atomic E-state index is 5.59. The Morgan fingerprint density at radius 2 is 1.88 bits per heavy atom. The highest BCUT2D eigenvalue weighted by Crippen LogP contribution is 2.35. The van der Waals surface area contributed by atoms with Gasteiger partial charge >= 0.3 is 0 Å². The molecule has 2 heteroatoms. The standard InChI is InChI=1S/C14H21NO/c1-10-4-5-13(14(16-3)11(10)2)12-6-8-15-9-7-12/h4-5,12,15H,6-9H2,1-3H3. The predicted octanol–water partition coefficient (Wildman–Crippen LogP) is 2.78. The third kappa shape index (κ3) is 2.07. The summed E-state index contributed by atoms with van der Waals surface area (Å²) in [6.07, 6.45) is 2.44. The van der Waals surface area contributed by atoms with Crippen LogP contribution >= 0.6 is 0 Å². The molecule has 0 radical (unpaired) electrons. The molecular weight excluding hydrogens is 198 g/mol. The van der Waals surface area contributed by atoms with Crippen LogP contribution in [0.4, 0.5) is 0 Å². The van der Waals surface area contributed by atoms with Gasteiger partial charge in [-0.05, 0) is 62.4 Å². The molecule has 2 nitrogen and oxygen atoms in total. The summed E-state index contributed by atoms with van der Waals surface area (Å²) in [6, 6.07) is 4.46. The molecule has 2 rings (SSSR count). The van der Waals surface area contributed by atoms with E-state index < -0.39 is 0 Å². The van der Waals surface area contributed by atoms with E-state index in [0.717, 1.165) is 18.8 Å². The number of aryl methyl sites for hydroxylation is 1. The number of benzene rings is 1. The summed E-state index contributed by atoms with van der Waals surface area (Å²) in [6.45, 7) is 6.55. The molecule has 0 amide bonds. The number of piperidine rings is 1. The number of hydrogen-bond acceptors (Lipinski definition) is 2. The summed E-state index contributed by atoms with van der Waals surface area (Å²) in [5, 5.41) is 3.41. The molecule has 1 aliphatic rings. The Balaban J connectivity index is 2.35. The van der Waals surface area contributed by atoms with Gasteiger partial charge in [-0.1, -0.05) is 12.1 Å². The number of methoxy groups -OCH3 is 1. The average molecular weight is 219 g/mol. The summed E-state index contributed by atoms with van der Waals surface area (Å²) in [5.74, 6) is 1.77. The molecule has 1 heterocycles. The molecule has 0 atom stereocenters. The molecule has 1 saturated heterocycles. The molecule has 1 aromatic rings. The lowest BCUT2D eigenvalue weighted by atomic mass is 9.87. The van der Waals surface area contributed by atoms with Gasteiger partial charge in [0.25, 0.3) is 0 Å². The van der Waals surface area contributed by atoms with Crippen molar-refractivity contribution in [2.24, 2.45) is 0 Å². The Hall–Kier alpha value is -1.02. The van der Waals surface area contributed by atoms with Crippen molar-refractivity contribution in [1.82, 2.24) is 5.32 Å².